The van der Waals surface area contributed by atoms with E-state index < -0.39 is 0 Å². The fourth-order valence-electron chi connectivity index (χ4n) is 0.200. The quantitative estimate of drug-likeness (QED) is 0.489. The molecule has 0 spiro atoms. The fraction of sp³-hybridized carbons (Fsp3) is 1.00. The number of hydrogen-bond acceptors (Lipinski definition) is 0. The Morgan fingerprint density at radius 3 is 1.86 bits per heavy atom. The smallest absolute Gasteiger partial charge is 0.0165 e. The highest BCUT2D eigenvalue weighted by molar-refractivity contribution is 7.68. The molecule has 1 unspecified atom stereocenters. The van der Waals surface area contributed by atoms with Crippen molar-refractivity contribution in [3.05, 3.63) is 0 Å². The van der Waals surface area contributed by atoms with E-state index in [4.69, 9.17) is 11.2 Å². The molecule has 0 rings (SSSR count). The van der Waals surface area contributed by atoms with E-state index in [0.29, 0.717) is 13.3 Å². The van der Waals surface area contributed by atoms with Crippen LogP contribution in [-0.4, -0.2) is 6.16 Å². The molecule has 44 valence electrons. The highest BCUT2D eigenvalue weighted by atomic mass is 35.7. The van der Waals surface area contributed by atoms with E-state index in [1.54, 1.807) is 0 Å². The maximum absolute atomic E-state index is 5.51. The highest BCUT2D eigenvalue weighted by Crippen LogP contribution is 2.27. The number of hydrogen-bond donors (Lipinski definition) is 0. The molecular weight excluding hydrogens is 126 g/mol. The van der Waals surface area contributed by atoms with Gasteiger partial charge in [-0.05, 0) is 19.5 Å². The lowest BCUT2D eigenvalue weighted by Crippen LogP contribution is -2.05. The summed E-state index contributed by atoms with van der Waals surface area (Å²) in [6.07, 6.45) is 1.13. The first-order chi connectivity index (χ1) is 3.06. The normalized spacial score (nSPS) is 13.7. The molecule has 0 aromatic carbocycles. The van der Waals surface area contributed by atoms with Crippen LogP contribution in [0.25, 0.3) is 0 Å². The molecule has 0 aliphatic carbocycles. The molecule has 0 amide bonds. The summed E-state index contributed by atoms with van der Waals surface area (Å²) in [6.45, 7) is 6.59. The molecule has 0 fully saturated rings. The molecule has 0 bridgehead atoms. The second-order valence-corrected chi connectivity index (χ2v) is 4.29. The van der Waals surface area contributed by atoms with E-state index in [9.17, 15) is 0 Å². The van der Waals surface area contributed by atoms with Crippen LogP contribution in [-0.2, 0) is 0 Å². The summed E-state index contributed by atoms with van der Waals surface area (Å²) >= 11 is 5.51. The highest BCUT2D eigenvalue weighted by Gasteiger charge is 2.07. The van der Waals surface area contributed by atoms with Crippen molar-refractivity contribution in [2.75, 3.05) is 6.16 Å². The first-order valence-electron chi connectivity index (χ1n) is 2.40. The standard InChI is InChI=1S/C5H12ClP/c1-5(2,3)4-7-6/h7H,4H2,1-3H3. The van der Waals surface area contributed by atoms with Gasteiger partial charge in [-0.2, -0.15) is 0 Å². The van der Waals surface area contributed by atoms with Gasteiger partial charge >= 0.3 is 0 Å². The van der Waals surface area contributed by atoms with Crippen molar-refractivity contribution < 1.29 is 0 Å². The van der Waals surface area contributed by atoms with Gasteiger partial charge in [0.2, 0.25) is 0 Å². The third-order valence-corrected chi connectivity index (χ3v) is 2.19. The SMILES string of the molecule is CC(C)(C)CPCl. The van der Waals surface area contributed by atoms with E-state index in [0.717, 1.165) is 6.16 Å². The molecule has 0 saturated heterocycles. The summed E-state index contributed by atoms with van der Waals surface area (Å²) in [5.41, 5.74) is 0.431. The molecule has 0 aliphatic heterocycles. The first-order valence-corrected chi connectivity index (χ1v) is 4.62. The lowest BCUT2D eigenvalue weighted by molar-refractivity contribution is 0.480. The molecule has 2 heteroatoms. The minimum absolute atomic E-state index is 0.431. The summed E-state index contributed by atoms with van der Waals surface area (Å²) in [7, 11) is 0.581. The average molecular weight is 139 g/mol. The van der Waals surface area contributed by atoms with E-state index in [-0.39, 0.29) is 0 Å². The van der Waals surface area contributed by atoms with Crippen molar-refractivity contribution in [3.63, 3.8) is 0 Å². The van der Waals surface area contributed by atoms with Crippen molar-refractivity contribution >= 4 is 19.2 Å². The molecule has 0 aromatic heterocycles. The molecule has 0 radical (unpaired) electrons. The Hall–Kier alpha value is 0.720. The third-order valence-electron chi connectivity index (χ3n) is 0.597. The van der Waals surface area contributed by atoms with Crippen LogP contribution in [0.15, 0.2) is 0 Å². The Labute approximate surface area is 52.2 Å². The third kappa shape index (κ3) is 6.72. The largest absolute Gasteiger partial charge is 0.100 e. The lowest BCUT2D eigenvalue weighted by Gasteiger charge is -2.14. The van der Waals surface area contributed by atoms with Crippen LogP contribution in [0.3, 0.4) is 0 Å². The molecule has 0 aromatic rings. The molecule has 0 heterocycles. The molecule has 7 heavy (non-hydrogen) atoms. The zero-order chi connectivity index (χ0) is 5.91. The predicted molar refractivity (Wildman–Crippen MR) is 38.5 cm³/mol. The Morgan fingerprint density at radius 1 is 1.43 bits per heavy atom. The second kappa shape index (κ2) is 2.89. The van der Waals surface area contributed by atoms with E-state index in [1.165, 1.54) is 0 Å². The summed E-state index contributed by atoms with van der Waals surface area (Å²) in [5.74, 6) is 0. The van der Waals surface area contributed by atoms with Crippen LogP contribution < -0.4 is 0 Å². The molecule has 1 atom stereocenters. The minimum Gasteiger partial charge on any atom is -0.100 e. The van der Waals surface area contributed by atoms with Crippen LogP contribution in [0.1, 0.15) is 20.8 Å². The molecule has 0 saturated carbocycles. The van der Waals surface area contributed by atoms with E-state index >= 15 is 0 Å². The van der Waals surface area contributed by atoms with Crippen molar-refractivity contribution in [2.45, 2.75) is 20.8 Å². The molecule has 0 N–H and O–H groups in total. The van der Waals surface area contributed by atoms with Gasteiger partial charge in [0.15, 0.2) is 0 Å². The summed E-state index contributed by atoms with van der Waals surface area (Å²) in [4.78, 5) is 0. The summed E-state index contributed by atoms with van der Waals surface area (Å²) in [5, 5.41) is 0. The van der Waals surface area contributed by atoms with Gasteiger partial charge in [-0.3, -0.25) is 0 Å². The lowest BCUT2D eigenvalue weighted by atomic mass is 10.0. The Morgan fingerprint density at radius 2 is 1.86 bits per heavy atom. The van der Waals surface area contributed by atoms with Gasteiger partial charge < -0.3 is 0 Å². The van der Waals surface area contributed by atoms with Crippen molar-refractivity contribution in [2.24, 2.45) is 5.41 Å². The monoisotopic (exact) mass is 138 g/mol. The van der Waals surface area contributed by atoms with Crippen LogP contribution in [0, 0.1) is 5.41 Å². The fourth-order valence-corrected chi connectivity index (χ4v) is 1.80. The Kier molecular flexibility index (Phi) is 3.19. The van der Waals surface area contributed by atoms with Crippen LogP contribution in [0.5, 0.6) is 0 Å². The first kappa shape index (κ1) is 7.72. The molecule has 0 nitrogen and oxygen atoms in total. The van der Waals surface area contributed by atoms with Gasteiger partial charge in [0, 0.05) is 0 Å². The Balaban J connectivity index is 3.15. The van der Waals surface area contributed by atoms with Crippen LogP contribution in [0.4, 0.5) is 0 Å². The summed E-state index contributed by atoms with van der Waals surface area (Å²) in [6, 6.07) is 0. The second-order valence-electron chi connectivity index (χ2n) is 2.87. The number of halogens is 1. The van der Waals surface area contributed by atoms with Gasteiger partial charge in [0.05, 0.1) is 0 Å². The van der Waals surface area contributed by atoms with Gasteiger partial charge in [0.1, 0.15) is 0 Å². The topological polar surface area (TPSA) is 0 Å². The maximum atomic E-state index is 5.51. The predicted octanol–water partition coefficient (Wildman–Crippen LogP) is 2.86. The zero-order valence-electron chi connectivity index (χ0n) is 5.09. The van der Waals surface area contributed by atoms with E-state index in [2.05, 4.69) is 20.8 Å². The van der Waals surface area contributed by atoms with Crippen LogP contribution in [0.2, 0.25) is 0 Å². The molecule has 0 aliphatic rings. The Bertz CT molecular complexity index is 46.5. The van der Waals surface area contributed by atoms with Crippen molar-refractivity contribution in [1.82, 2.24) is 0 Å². The van der Waals surface area contributed by atoms with Crippen molar-refractivity contribution in [1.29, 1.82) is 0 Å². The van der Waals surface area contributed by atoms with Gasteiger partial charge in [-0.15, -0.1) is 11.2 Å². The van der Waals surface area contributed by atoms with Crippen LogP contribution >= 0.6 is 19.2 Å². The minimum atomic E-state index is 0.431. The maximum Gasteiger partial charge on any atom is -0.0165 e. The van der Waals surface area contributed by atoms with Gasteiger partial charge in [-0.1, -0.05) is 20.8 Å². The zero-order valence-corrected chi connectivity index (χ0v) is 6.84. The number of rotatable bonds is 1. The van der Waals surface area contributed by atoms with E-state index in [1.807, 2.05) is 0 Å². The average Bonchev–Trinajstić information content (AvgIpc) is 1.30. The summed E-state index contributed by atoms with van der Waals surface area (Å²) < 4.78 is 0. The molecular formula is C5H12ClP. The van der Waals surface area contributed by atoms with Crippen molar-refractivity contribution in [3.8, 4) is 0 Å². The van der Waals surface area contributed by atoms with Gasteiger partial charge in [0.25, 0.3) is 0 Å². The van der Waals surface area contributed by atoms with Gasteiger partial charge in [-0.25, -0.2) is 0 Å².